The lowest BCUT2D eigenvalue weighted by atomic mass is 9.73. The van der Waals surface area contributed by atoms with Crippen LogP contribution in [-0.2, 0) is 17.5 Å². The number of nitrogens with zero attached hydrogens (tertiary/aromatic N) is 3. The molecule has 53 heavy (non-hydrogen) atoms. The Morgan fingerprint density at radius 3 is 2.23 bits per heavy atom. The summed E-state index contributed by atoms with van der Waals surface area (Å²) in [4.78, 5) is 11.8. The number of hydrogen-bond acceptors (Lipinski definition) is 4. The molecule has 6 aromatic rings. The highest BCUT2D eigenvalue weighted by Gasteiger charge is 2.43. The fourth-order valence-corrected chi connectivity index (χ4v) is 10.1. The maximum atomic E-state index is 5.25. The summed E-state index contributed by atoms with van der Waals surface area (Å²) in [5.41, 5.74) is 11.4. The molecule has 5 heteroatoms. The second kappa shape index (κ2) is 12.2. The first-order valence-corrected chi connectivity index (χ1v) is 19.5. The highest BCUT2D eigenvalue weighted by molar-refractivity contribution is 8.01. The standard InChI is InChI=1S/C48H40N4S/c1-31-20-27-41-40(29-31)37-26-23-35(47(2)28-12-18-39-38-17-10-11-19-43(38)53-44(39)47)30-42(37)52(41)36-24-21-33(22-25-36)46-49-45(32-13-6-4-7-14-32)50-48(3,51-46)34-15-8-5-9-16-34/h4-28,30-31,44H,29H2,1-3H3,(H,49,50,51). The van der Waals surface area contributed by atoms with Crippen LogP contribution >= 0.6 is 11.8 Å². The van der Waals surface area contributed by atoms with E-state index in [-0.39, 0.29) is 5.41 Å². The van der Waals surface area contributed by atoms with Crippen LogP contribution < -0.4 is 5.32 Å². The minimum Gasteiger partial charge on any atom is -0.324 e. The van der Waals surface area contributed by atoms with Crippen molar-refractivity contribution in [3.8, 4) is 5.69 Å². The van der Waals surface area contributed by atoms with E-state index in [1.54, 1.807) is 0 Å². The van der Waals surface area contributed by atoms with E-state index < -0.39 is 5.66 Å². The average molecular weight is 705 g/mol. The Morgan fingerprint density at radius 1 is 0.755 bits per heavy atom. The Morgan fingerprint density at radius 2 is 1.45 bits per heavy atom. The van der Waals surface area contributed by atoms with E-state index in [4.69, 9.17) is 9.98 Å². The third-order valence-corrected chi connectivity index (χ3v) is 13.1. The molecule has 4 atom stereocenters. The van der Waals surface area contributed by atoms with Crippen LogP contribution in [0.25, 0.3) is 28.2 Å². The monoisotopic (exact) mass is 704 g/mol. The van der Waals surface area contributed by atoms with E-state index in [1.807, 2.05) is 23.9 Å². The summed E-state index contributed by atoms with van der Waals surface area (Å²) < 4.78 is 2.48. The quantitative estimate of drug-likeness (QED) is 0.194. The molecule has 0 saturated heterocycles. The van der Waals surface area contributed by atoms with Gasteiger partial charge < -0.3 is 9.88 Å². The number of fused-ring (bicyclic) bond motifs is 6. The van der Waals surface area contributed by atoms with E-state index in [2.05, 4.69) is 176 Å². The van der Waals surface area contributed by atoms with E-state index in [0.29, 0.717) is 11.2 Å². The van der Waals surface area contributed by atoms with E-state index in [1.165, 1.54) is 43.8 Å². The zero-order chi connectivity index (χ0) is 35.7. The molecule has 258 valence electrons. The highest BCUT2D eigenvalue weighted by atomic mass is 32.2. The Kier molecular flexibility index (Phi) is 7.38. The van der Waals surface area contributed by atoms with Gasteiger partial charge in [0.25, 0.3) is 0 Å². The molecular formula is C48H40N4S. The number of thioether (sulfide) groups is 1. The summed E-state index contributed by atoms with van der Waals surface area (Å²) in [6.45, 7) is 6.82. The number of aromatic nitrogens is 1. The van der Waals surface area contributed by atoms with Gasteiger partial charge in [-0.05, 0) is 84.0 Å². The van der Waals surface area contributed by atoms with Crippen molar-refractivity contribution in [2.45, 2.75) is 48.4 Å². The molecule has 0 radical (unpaired) electrons. The second-order valence-electron chi connectivity index (χ2n) is 15.1. The third kappa shape index (κ3) is 5.20. The summed E-state index contributed by atoms with van der Waals surface area (Å²) in [5.74, 6) is 2.12. The Bertz CT molecular complexity index is 2570. The van der Waals surface area contributed by atoms with Crippen molar-refractivity contribution >= 4 is 46.0 Å². The number of hydrogen-bond donors (Lipinski definition) is 1. The molecule has 4 unspecified atom stereocenters. The second-order valence-corrected chi connectivity index (χ2v) is 16.2. The molecule has 1 N–H and O–H groups in total. The zero-order valence-electron chi connectivity index (χ0n) is 30.1. The smallest absolute Gasteiger partial charge is 0.177 e. The number of rotatable bonds is 5. The molecule has 1 aromatic heterocycles. The number of benzene rings is 5. The Balaban J connectivity index is 1.06. The maximum absolute atomic E-state index is 5.25. The molecule has 0 fully saturated rings. The zero-order valence-corrected chi connectivity index (χ0v) is 30.9. The van der Waals surface area contributed by atoms with Crippen LogP contribution in [0.2, 0.25) is 0 Å². The van der Waals surface area contributed by atoms with Crippen molar-refractivity contribution < 1.29 is 0 Å². The predicted octanol–water partition coefficient (Wildman–Crippen LogP) is 10.9. The van der Waals surface area contributed by atoms with E-state index in [0.717, 1.165) is 40.5 Å². The molecule has 0 amide bonds. The van der Waals surface area contributed by atoms with Gasteiger partial charge in [-0.3, -0.25) is 0 Å². The van der Waals surface area contributed by atoms with Crippen LogP contribution in [0, 0.1) is 5.92 Å². The van der Waals surface area contributed by atoms with E-state index >= 15 is 0 Å². The lowest BCUT2D eigenvalue weighted by Gasteiger charge is -2.36. The maximum Gasteiger partial charge on any atom is 0.177 e. The van der Waals surface area contributed by atoms with Crippen molar-refractivity contribution in [3.63, 3.8) is 0 Å². The molecule has 3 heterocycles. The van der Waals surface area contributed by atoms with Gasteiger partial charge in [0.15, 0.2) is 5.66 Å². The lowest BCUT2D eigenvalue weighted by molar-refractivity contribution is 0.518. The van der Waals surface area contributed by atoms with Crippen molar-refractivity contribution in [2.24, 2.45) is 15.9 Å². The van der Waals surface area contributed by atoms with Gasteiger partial charge in [0, 0.05) is 49.0 Å². The predicted molar refractivity (Wildman–Crippen MR) is 222 cm³/mol. The normalized spacial score (nSPS) is 24.1. The van der Waals surface area contributed by atoms with E-state index in [9.17, 15) is 0 Å². The SMILES string of the molecule is CC1C=Cc2c(c3ccc(C4(C)C=CC=C5c6ccccc6SC54)cc3n2-c2ccc(C3=NC(C)(c4ccccc4)N=C(c4ccccc4)N3)cc2)C1. The van der Waals surface area contributed by atoms with Gasteiger partial charge in [-0.25, -0.2) is 9.98 Å². The largest absolute Gasteiger partial charge is 0.324 e. The fourth-order valence-electron chi connectivity index (χ4n) is 8.62. The first-order valence-electron chi connectivity index (χ1n) is 18.6. The number of amidine groups is 2. The minimum absolute atomic E-state index is 0.154. The highest BCUT2D eigenvalue weighted by Crippen LogP contribution is 2.55. The van der Waals surface area contributed by atoms with Gasteiger partial charge in [-0.1, -0.05) is 129 Å². The fraction of sp³-hybridized carbons (Fsp3) is 0.167. The van der Waals surface area contributed by atoms with Gasteiger partial charge in [-0.2, -0.15) is 0 Å². The van der Waals surface area contributed by atoms with Crippen molar-refractivity contribution in [2.75, 3.05) is 0 Å². The van der Waals surface area contributed by atoms with Crippen LogP contribution in [0.4, 0.5) is 0 Å². The molecule has 10 rings (SSSR count). The van der Waals surface area contributed by atoms with Crippen LogP contribution in [0.1, 0.15) is 59.8 Å². The van der Waals surface area contributed by atoms with Crippen LogP contribution in [0.15, 0.2) is 167 Å². The van der Waals surface area contributed by atoms with Gasteiger partial charge in [0.05, 0.1) is 5.52 Å². The average Bonchev–Trinajstić information content (AvgIpc) is 3.75. The van der Waals surface area contributed by atoms with Gasteiger partial charge in [0.2, 0.25) is 0 Å². The van der Waals surface area contributed by atoms with Gasteiger partial charge in [0.1, 0.15) is 11.7 Å². The lowest BCUT2D eigenvalue weighted by Crippen LogP contribution is -2.40. The molecule has 2 aliphatic heterocycles. The summed E-state index contributed by atoms with van der Waals surface area (Å²) in [6, 6.07) is 45.7. The van der Waals surface area contributed by atoms with Crippen LogP contribution in [-0.4, -0.2) is 21.5 Å². The van der Waals surface area contributed by atoms with Crippen molar-refractivity contribution in [1.82, 2.24) is 9.88 Å². The number of nitrogens with one attached hydrogen (secondary N) is 1. The number of aliphatic imine (C=N–C) groups is 2. The molecule has 0 saturated carbocycles. The summed E-state index contributed by atoms with van der Waals surface area (Å²) in [7, 11) is 0. The van der Waals surface area contributed by atoms with Crippen molar-refractivity contribution in [1.29, 1.82) is 0 Å². The summed E-state index contributed by atoms with van der Waals surface area (Å²) in [5, 5.41) is 5.26. The molecule has 0 bridgehead atoms. The molecule has 4 nitrogen and oxygen atoms in total. The summed E-state index contributed by atoms with van der Waals surface area (Å²) >= 11 is 2.00. The van der Waals surface area contributed by atoms with Crippen LogP contribution in [0.5, 0.6) is 0 Å². The minimum atomic E-state index is -0.767. The van der Waals surface area contributed by atoms with Gasteiger partial charge >= 0.3 is 0 Å². The topological polar surface area (TPSA) is 41.7 Å². The Hall–Kier alpha value is -5.65. The van der Waals surface area contributed by atoms with Crippen LogP contribution in [0.3, 0.4) is 0 Å². The van der Waals surface area contributed by atoms with Crippen molar-refractivity contribution in [3.05, 3.63) is 191 Å². The Labute approximate surface area is 315 Å². The van der Waals surface area contributed by atoms with Gasteiger partial charge in [-0.15, -0.1) is 11.8 Å². The molecule has 0 spiro atoms. The number of allylic oxidation sites excluding steroid dienone is 4. The molecular weight excluding hydrogens is 665 g/mol. The first kappa shape index (κ1) is 32.0. The molecule has 2 aliphatic carbocycles. The molecule has 5 aromatic carbocycles. The summed E-state index contributed by atoms with van der Waals surface area (Å²) in [6.07, 6.45) is 12.7. The molecule has 4 aliphatic rings. The third-order valence-electron chi connectivity index (χ3n) is 11.5. The first-order chi connectivity index (χ1) is 25.9.